The molecule has 0 saturated heterocycles. The summed E-state index contributed by atoms with van der Waals surface area (Å²) in [5.41, 5.74) is 4.30. The molecule has 5 nitrogen and oxygen atoms in total. The van der Waals surface area contributed by atoms with E-state index >= 15 is 0 Å². The topological polar surface area (TPSA) is 81.8 Å². The van der Waals surface area contributed by atoms with Crippen molar-refractivity contribution in [2.75, 3.05) is 0 Å². The third-order valence-electron chi connectivity index (χ3n) is 3.29. The summed E-state index contributed by atoms with van der Waals surface area (Å²) < 4.78 is 0. The quantitative estimate of drug-likeness (QED) is 0.658. The number of nitrogens with zero attached hydrogens (tertiary/aromatic N) is 1. The van der Waals surface area contributed by atoms with Gasteiger partial charge in [0.15, 0.2) is 5.69 Å². The van der Waals surface area contributed by atoms with Gasteiger partial charge < -0.3 is 10.1 Å². The van der Waals surface area contributed by atoms with Gasteiger partial charge in [-0.25, -0.2) is 4.79 Å². The molecule has 2 aromatic heterocycles. The van der Waals surface area contributed by atoms with Crippen molar-refractivity contribution in [3.63, 3.8) is 0 Å². The highest BCUT2D eigenvalue weighted by Gasteiger charge is 2.22. The monoisotopic (exact) mass is 255 g/mol. The second-order valence-electron chi connectivity index (χ2n) is 4.55. The van der Waals surface area contributed by atoms with Crippen LogP contribution in [0.3, 0.4) is 0 Å². The smallest absolute Gasteiger partial charge is 0.357 e. The zero-order chi connectivity index (χ0) is 13.6. The van der Waals surface area contributed by atoms with Crippen LogP contribution in [0.1, 0.15) is 21.9 Å². The molecule has 0 aliphatic carbocycles. The molecular formula is C14H13N3O2. The molecule has 0 bridgehead atoms. The van der Waals surface area contributed by atoms with Crippen molar-refractivity contribution in [1.29, 1.82) is 0 Å². The molecule has 2 heterocycles. The van der Waals surface area contributed by atoms with Crippen molar-refractivity contribution in [1.82, 2.24) is 15.2 Å². The van der Waals surface area contributed by atoms with Crippen LogP contribution in [0.5, 0.6) is 0 Å². The molecule has 0 unspecified atom stereocenters. The first-order valence-electron chi connectivity index (χ1n) is 5.95. The largest absolute Gasteiger partial charge is 0.476 e. The second kappa shape index (κ2) is 3.98. The van der Waals surface area contributed by atoms with Gasteiger partial charge in [-0.05, 0) is 19.9 Å². The third-order valence-corrected chi connectivity index (χ3v) is 3.29. The molecule has 3 rings (SSSR count). The molecule has 0 spiro atoms. The summed E-state index contributed by atoms with van der Waals surface area (Å²) in [5, 5.41) is 16.9. The number of H-pyrrole nitrogens is 2. The highest BCUT2D eigenvalue weighted by atomic mass is 16.4. The zero-order valence-corrected chi connectivity index (χ0v) is 10.6. The van der Waals surface area contributed by atoms with E-state index in [1.165, 1.54) is 0 Å². The number of aromatic carboxylic acids is 1. The predicted octanol–water partition coefficient (Wildman–Crippen LogP) is 2.87. The van der Waals surface area contributed by atoms with E-state index in [4.69, 9.17) is 0 Å². The van der Waals surface area contributed by atoms with Crippen LogP contribution in [0, 0.1) is 13.8 Å². The van der Waals surface area contributed by atoms with Crippen molar-refractivity contribution in [2.45, 2.75) is 13.8 Å². The Morgan fingerprint density at radius 3 is 2.63 bits per heavy atom. The normalized spacial score (nSPS) is 11.1. The van der Waals surface area contributed by atoms with Gasteiger partial charge in [0.2, 0.25) is 0 Å². The van der Waals surface area contributed by atoms with Crippen LogP contribution < -0.4 is 0 Å². The lowest BCUT2D eigenvalue weighted by molar-refractivity contribution is 0.0691. The molecule has 3 N–H and O–H groups in total. The first-order valence-corrected chi connectivity index (χ1v) is 5.95. The number of para-hydroxylation sites is 1. The Bertz CT molecular complexity index is 783. The number of carboxylic acids is 1. The molecule has 0 radical (unpaired) electrons. The van der Waals surface area contributed by atoms with E-state index in [-0.39, 0.29) is 5.69 Å². The Balaban J connectivity index is 2.39. The molecule has 5 heteroatoms. The minimum absolute atomic E-state index is 0.0605. The maximum absolute atomic E-state index is 11.3. The van der Waals surface area contributed by atoms with E-state index in [9.17, 15) is 9.90 Å². The van der Waals surface area contributed by atoms with E-state index in [0.717, 1.165) is 27.9 Å². The van der Waals surface area contributed by atoms with Gasteiger partial charge in [-0.15, -0.1) is 0 Å². The first kappa shape index (κ1) is 11.5. The summed E-state index contributed by atoms with van der Waals surface area (Å²) in [4.78, 5) is 14.6. The van der Waals surface area contributed by atoms with Gasteiger partial charge in [0.25, 0.3) is 0 Å². The van der Waals surface area contributed by atoms with E-state index in [2.05, 4.69) is 15.2 Å². The Labute approximate surface area is 109 Å². The fourth-order valence-electron chi connectivity index (χ4n) is 2.49. The van der Waals surface area contributed by atoms with Crippen molar-refractivity contribution in [3.05, 3.63) is 41.3 Å². The number of carbonyl (C=O) groups is 1. The van der Waals surface area contributed by atoms with Gasteiger partial charge in [-0.2, -0.15) is 5.10 Å². The number of carboxylic acid groups (broad SMARTS) is 1. The zero-order valence-electron chi connectivity index (χ0n) is 10.6. The number of aryl methyl sites for hydroxylation is 2. The highest BCUT2D eigenvalue weighted by Crippen LogP contribution is 2.35. The van der Waals surface area contributed by atoms with E-state index in [1.807, 2.05) is 38.1 Å². The second-order valence-corrected chi connectivity index (χ2v) is 4.55. The lowest BCUT2D eigenvalue weighted by atomic mass is 10.00. The van der Waals surface area contributed by atoms with Crippen molar-refractivity contribution >= 4 is 16.9 Å². The van der Waals surface area contributed by atoms with Crippen molar-refractivity contribution in [3.8, 4) is 11.1 Å². The Morgan fingerprint density at radius 1 is 1.16 bits per heavy atom. The lowest BCUT2D eigenvalue weighted by Crippen LogP contribution is -1.99. The van der Waals surface area contributed by atoms with Gasteiger partial charge in [-0.3, -0.25) is 5.10 Å². The Morgan fingerprint density at radius 2 is 1.89 bits per heavy atom. The summed E-state index contributed by atoms with van der Waals surface area (Å²) in [7, 11) is 0. The number of fused-ring (bicyclic) bond motifs is 1. The SMILES string of the molecule is Cc1[nH]nc(C(=O)O)c1-c1c(C)[nH]c2ccccc12. The minimum atomic E-state index is -1.02. The maximum Gasteiger partial charge on any atom is 0.357 e. The van der Waals surface area contributed by atoms with Crippen molar-refractivity contribution < 1.29 is 9.90 Å². The molecule has 19 heavy (non-hydrogen) atoms. The van der Waals surface area contributed by atoms with Crippen molar-refractivity contribution in [2.24, 2.45) is 0 Å². The van der Waals surface area contributed by atoms with Crippen LogP contribution in [-0.2, 0) is 0 Å². The fraction of sp³-hybridized carbons (Fsp3) is 0.143. The standard InChI is InChI=1S/C14H13N3O2/c1-7-11(9-5-3-4-6-10(9)15-7)12-8(2)16-17-13(12)14(18)19/h3-6,15H,1-2H3,(H,16,17)(H,18,19). The molecule has 0 aliphatic rings. The fourth-order valence-corrected chi connectivity index (χ4v) is 2.49. The first-order chi connectivity index (χ1) is 9.09. The van der Waals surface area contributed by atoms with Crippen LogP contribution in [0.2, 0.25) is 0 Å². The summed E-state index contributed by atoms with van der Waals surface area (Å²) in [5.74, 6) is -1.02. The summed E-state index contributed by atoms with van der Waals surface area (Å²) >= 11 is 0. The predicted molar refractivity (Wildman–Crippen MR) is 72.3 cm³/mol. The van der Waals surface area contributed by atoms with Gasteiger partial charge in [0.05, 0.1) is 0 Å². The van der Waals surface area contributed by atoms with E-state index in [0.29, 0.717) is 5.56 Å². The van der Waals surface area contributed by atoms with Crippen LogP contribution in [0.15, 0.2) is 24.3 Å². The van der Waals surface area contributed by atoms with E-state index in [1.54, 1.807) is 0 Å². The molecule has 0 aliphatic heterocycles. The molecule has 1 aromatic carbocycles. The van der Waals surface area contributed by atoms with Gasteiger partial charge in [-0.1, -0.05) is 18.2 Å². The summed E-state index contributed by atoms with van der Waals surface area (Å²) in [6.07, 6.45) is 0. The maximum atomic E-state index is 11.3. The molecule has 3 aromatic rings. The number of aromatic amines is 2. The third kappa shape index (κ3) is 1.62. The molecular weight excluding hydrogens is 242 g/mol. The average molecular weight is 255 g/mol. The van der Waals surface area contributed by atoms with Crippen LogP contribution in [-0.4, -0.2) is 26.3 Å². The minimum Gasteiger partial charge on any atom is -0.476 e. The number of rotatable bonds is 2. The Kier molecular flexibility index (Phi) is 2.41. The molecule has 0 saturated carbocycles. The van der Waals surface area contributed by atoms with Gasteiger partial charge in [0, 0.05) is 33.4 Å². The number of nitrogens with one attached hydrogen (secondary N) is 2. The summed E-state index contributed by atoms with van der Waals surface area (Å²) in [6, 6.07) is 7.84. The van der Waals surface area contributed by atoms with Gasteiger partial charge >= 0.3 is 5.97 Å². The number of hydrogen-bond acceptors (Lipinski definition) is 2. The van der Waals surface area contributed by atoms with Gasteiger partial charge in [0.1, 0.15) is 0 Å². The molecule has 0 amide bonds. The lowest BCUT2D eigenvalue weighted by Gasteiger charge is -2.02. The van der Waals surface area contributed by atoms with Crippen LogP contribution >= 0.6 is 0 Å². The molecule has 0 atom stereocenters. The van der Waals surface area contributed by atoms with Crippen LogP contribution in [0.25, 0.3) is 22.0 Å². The number of aromatic nitrogens is 3. The average Bonchev–Trinajstić information content (AvgIpc) is 2.88. The highest BCUT2D eigenvalue weighted by molar-refractivity contribution is 6.04. The summed E-state index contributed by atoms with van der Waals surface area (Å²) in [6.45, 7) is 3.77. The molecule has 0 fully saturated rings. The Hall–Kier alpha value is -2.56. The molecule has 96 valence electrons. The number of benzene rings is 1. The number of hydrogen-bond donors (Lipinski definition) is 3. The van der Waals surface area contributed by atoms with E-state index < -0.39 is 5.97 Å². The van der Waals surface area contributed by atoms with Crippen LogP contribution in [0.4, 0.5) is 0 Å².